The van der Waals surface area contributed by atoms with Crippen LogP contribution in [0.3, 0.4) is 0 Å². The summed E-state index contributed by atoms with van der Waals surface area (Å²) >= 11 is 0. The zero-order chi connectivity index (χ0) is 14.3. The monoisotopic (exact) mass is 325 g/mol. The lowest BCUT2D eigenvalue weighted by Gasteiger charge is -2.12. The normalized spacial score (nSPS) is 16.1. The molecule has 1 fully saturated rings. The Balaban J connectivity index is 2.42. The van der Waals surface area contributed by atoms with Gasteiger partial charge in [0.25, 0.3) is 9.05 Å². The first-order chi connectivity index (χ1) is 8.74. The molecule has 0 spiro atoms. The Morgan fingerprint density at radius 1 is 1.26 bits per heavy atom. The first kappa shape index (κ1) is 14.4. The van der Waals surface area contributed by atoms with Crippen molar-refractivity contribution in [1.29, 1.82) is 0 Å². The molecule has 2 rings (SSSR count). The molecule has 1 aliphatic rings. The van der Waals surface area contributed by atoms with E-state index < -0.39 is 24.3 Å². The molecule has 0 heterocycles. The maximum Gasteiger partial charge on any atom is 0.261 e. The van der Waals surface area contributed by atoms with E-state index in [-0.39, 0.29) is 16.3 Å². The number of benzene rings is 1. The number of anilines is 1. The van der Waals surface area contributed by atoms with Gasteiger partial charge in [-0.25, -0.2) is 16.8 Å². The average Bonchev–Trinajstić information content (AvgIpc) is 3.11. The summed E-state index contributed by atoms with van der Waals surface area (Å²) in [6.45, 7) is 0. The average molecular weight is 326 g/mol. The molecule has 1 aromatic carbocycles. The van der Waals surface area contributed by atoms with E-state index >= 15 is 0 Å². The highest BCUT2D eigenvalue weighted by Gasteiger charge is 2.36. The third-order valence-electron chi connectivity index (χ3n) is 2.67. The van der Waals surface area contributed by atoms with Crippen LogP contribution in [0.2, 0.25) is 0 Å². The predicted octanol–water partition coefficient (Wildman–Crippen LogP) is 1.53. The minimum atomic E-state index is -3.93. The van der Waals surface area contributed by atoms with Crippen molar-refractivity contribution in [2.75, 3.05) is 11.8 Å². The van der Waals surface area contributed by atoms with Crippen LogP contribution >= 0.6 is 10.7 Å². The van der Waals surface area contributed by atoms with E-state index in [1.165, 1.54) is 19.2 Å². The summed E-state index contributed by atoms with van der Waals surface area (Å²) in [5.74, 6) is 0.230. The molecule has 0 amide bonds. The highest BCUT2D eigenvalue weighted by Crippen LogP contribution is 2.34. The Labute approximate surface area is 116 Å². The summed E-state index contributed by atoms with van der Waals surface area (Å²) in [5.41, 5.74) is 0.0659. The number of hydrogen-bond acceptors (Lipinski definition) is 5. The van der Waals surface area contributed by atoms with Gasteiger partial charge in [-0.15, -0.1) is 0 Å². The second-order valence-electron chi connectivity index (χ2n) is 4.15. The number of ether oxygens (including phenoxy) is 1. The maximum atomic E-state index is 11.8. The van der Waals surface area contributed by atoms with E-state index in [9.17, 15) is 16.8 Å². The van der Waals surface area contributed by atoms with Crippen LogP contribution in [0, 0.1) is 0 Å². The van der Waals surface area contributed by atoms with Crippen molar-refractivity contribution in [2.24, 2.45) is 0 Å². The van der Waals surface area contributed by atoms with Gasteiger partial charge < -0.3 is 4.74 Å². The van der Waals surface area contributed by atoms with Gasteiger partial charge in [0.1, 0.15) is 5.75 Å². The molecule has 0 radical (unpaired) electrons. The lowest BCUT2D eigenvalue weighted by Crippen LogP contribution is -2.18. The van der Waals surface area contributed by atoms with Gasteiger partial charge in [-0.2, -0.15) is 0 Å². The van der Waals surface area contributed by atoms with Crippen LogP contribution in [-0.2, 0) is 19.1 Å². The first-order valence-corrected chi connectivity index (χ1v) is 9.24. The first-order valence-electron chi connectivity index (χ1n) is 5.38. The van der Waals surface area contributed by atoms with Crippen LogP contribution < -0.4 is 9.46 Å². The van der Waals surface area contributed by atoms with Crippen LogP contribution in [0.4, 0.5) is 5.69 Å². The highest BCUT2D eigenvalue weighted by atomic mass is 35.7. The molecule has 1 N–H and O–H groups in total. The van der Waals surface area contributed by atoms with Gasteiger partial charge in [0, 0.05) is 10.7 Å². The SMILES string of the molecule is COc1ccc(S(=O)(=O)Cl)cc1NS(=O)(=O)C1CC1. The molecule has 0 aromatic heterocycles. The van der Waals surface area contributed by atoms with Gasteiger partial charge in [0.15, 0.2) is 0 Å². The molecule has 1 aromatic rings. The van der Waals surface area contributed by atoms with Crippen LogP contribution in [0.25, 0.3) is 0 Å². The molecule has 6 nitrogen and oxygen atoms in total. The molecular formula is C10H12ClNO5S2. The van der Waals surface area contributed by atoms with Crippen LogP contribution in [0.5, 0.6) is 5.75 Å². The summed E-state index contributed by atoms with van der Waals surface area (Å²) < 4.78 is 53.5. The molecule has 0 aliphatic heterocycles. The highest BCUT2D eigenvalue weighted by molar-refractivity contribution is 8.13. The smallest absolute Gasteiger partial charge is 0.261 e. The Morgan fingerprint density at radius 2 is 1.89 bits per heavy atom. The van der Waals surface area contributed by atoms with Crippen LogP contribution in [0.15, 0.2) is 23.1 Å². The summed E-state index contributed by atoms with van der Waals surface area (Å²) in [4.78, 5) is -0.191. The summed E-state index contributed by atoms with van der Waals surface area (Å²) in [7, 11) is -0.845. The van der Waals surface area contributed by atoms with Gasteiger partial charge in [0.2, 0.25) is 10.0 Å². The quantitative estimate of drug-likeness (QED) is 0.829. The Bertz CT molecular complexity index is 695. The van der Waals surface area contributed by atoms with E-state index in [4.69, 9.17) is 15.4 Å². The van der Waals surface area contributed by atoms with Crippen molar-refractivity contribution in [3.8, 4) is 5.75 Å². The molecule has 19 heavy (non-hydrogen) atoms. The summed E-state index contributed by atoms with van der Waals surface area (Å²) in [5, 5.41) is -0.423. The van der Waals surface area contributed by atoms with E-state index in [1.807, 2.05) is 0 Å². The molecule has 9 heteroatoms. The summed E-state index contributed by atoms with van der Waals surface area (Å²) in [6.07, 6.45) is 1.20. The van der Waals surface area contributed by atoms with Crippen molar-refractivity contribution in [3.63, 3.8) is 0 Å². The fraction of sp³-hybridized carbons (Fsp3) is 0.400. The molecule has 0 bridgehead atoms. The van der Waals surface area contributed by atoms with E-state index in [1.54, 1.807) is 0 Å². The maximum absolute atomic E-state index is 11.8. The zero-order valence-corrected chi connectivity index (χ0v) is 12.3. The topological polar surface area (TPSA) is 89.5 Å². The lowest BCUT2D eigenvalue weighted by molar-refractivity contribution is 0.416. The Hall–Kier alpha value is -0.990. The third kappa shape index (κ3) is 3.31. The number of rotatable bonds is 5. The number of sulfonamides is 1. The van der Waals surface area contributed by atoms with Crippen LogP contribution in [0.1, 0.15) is 12.8 Å². The largest absolute Gasteiger partial charge is 0.495 e. The minimum absolute atomic E-state index is 0.0659. The molecule has 106 valence electrons. The van der Waals surface area contributed by atoms with Gasteiger partial charge >= 0.3 is 0 Å². The predicted molar refractivity (Wildman–Crippen MR) is 71.6 cm³/mol. The molecular weight excluding hydrogens is 314 g/mol. The van der Waals surface area contributed by atoms with E-state index in [0.717, 1.165) is 6.07 Å². The molecule has 0 unspecified atom stereocenters. The number of halogens is 1. The Morgan fingerprint density at radius 3 is 2.37 bits per heavy atom. The molecule has 0 atom stereocenters. The molecule has 1 saturated carbocycles. The van der Waals surface area contributed by atoms with Gasteiger partial charge in [0.05, 0.1) is 22.9 Å². The zero-order valence-electron chi connectivity index (χ0n) is 9.96. The van der Waals surface area contributed by atoms with Crippen LogP contribution in [-0.4, -0.2) is 29.2 Å². The number of hydrogen-bond donors (Lipinski definition) is 1. The third-order valence-corrected chi connectivity index (χ3v) is 5.87. The van der Waals surface area contributed by atoms with Gasteiger partial charge in [-0.1, -0.05) is 0 Å². The second-order valence-corrected chi connectivity index (χ2v) is 8.67. The molecule has 0 saturated heterocycles. The lowest BCUT2D eigenvalue weighted by atomic mass is 10.3. The Kier molecular flexibility index (Phi) is 3.67. The number of nitrogens with one attached hydrogen (secondary N) is 1. The number of methoxy groups -OCH3 is 1. The van der Waals surface area contributed by atoms with Gasteiger partial charge in [-0.3, -0.25) is 4.72 Å². The van der Waals surface area contributed by atoms with Crippen molar-refractivity contribution in [1.82, 2.24) is 0 Å². The van der Waals surface area contributed by atoms with E-state index in [2.05, 4.69) is 4.72 Å². The van der Waals surface area contributed by atoms with Crippen molar-refractivity contribution in [2.45, 2.75) is 23.0 Å². The fourth-order valence-corrected chi connectivity index (χ4v) is 3.70. The van der Waals surface area contributed by atoms with E-state index in [0.29, 0.717) is 12.8 Å². The van der Waals surface area contributed by atoms with Crippen molar-refractivity contribution >= 4 is 35.4 Å². The fourth-order valence-electron chi connectivity index (χ4n) is 1.53. The summed E-state index contributed by atoms with van der Waals surface area (Å²) in [6, 6.07) is 3.73. The second kappa shape index (κ2) is 4.84. The minimum Gasteiger partial charge on any atom is -0.495 e. The van der Waals surface area contributed by atoms with Gasteiger partial charge in [-0.05, 0) is 31.0 Å². The standard InChI is InChI=1S/C10H12ClNO5S2/c1-17-10-5-4-8(18(11,13)14)6-9(10)12-19(15,16)7-2-3-7/h4-7,12H,2-3H2,1H3. The van der Waals surface area contributed by atoms with Crippen molar-refractivity contribution in [3.05, 3.63) is 18.2 Å². The van der Waals surface area contributed by atoms with Crippen molar-refractivity contribution < 1.29 is 21.6 Å². The molecule has 1 aliphatic carbocycles.